The SMILES string of the molecule is Fc1cccc2c1c1ccccc1n2-c1cccc(-c2ccc(N(c3ccc(-c4ccccc4)cc3)c3ccc(-c4cccc5c4oc4ccccc45)cc3)c3ccccc23)c1. The van der Waals surface area contributed by atoms with Crippen molar-refractivity contribution in [2.24, 2.45) is 0 Å². The molecule has 10 aromatic carbocycles. The number of hydrogen-bond donors (Lipinski definition) is 0. The van der Waals surface area contributed by atoms with Crippen molar-refractivity contribution in [1.82, 2.24) is 4.57 Å². The molecule has 12 aromatic rings. The van der Waals surface area contributed by atoms with E-state index in [0.29, 0.717) is 5.39 Å². The molecule has 12 rings (SSSR count). The van der Waals surface area contributed by atoms with Crippen LogP contribution in [0.15, 0.2) is 229 Å². The average molecular weight is 797 g/mol. The van der Waals surface area contributed by atoms with Gasteiger partial charge in [-0.25, -0.2) is 4.39 Å². The molecule has 0 amide bonds. The fraction of sp³-hybridized carbons (Fsp3) is 0. The smallest absolute Gasteiger partial charge is 0.143 e. The molecule has 0 aliphatic carbocycles. The normalized spacial score (nSPS) is 11.6. The number of halogens is 1. The van der Waals surface area contributed by atoms with Crippen LogP contribution < -0.4 is 4.90 Å². The van der Waals surface area contributed by atoms with Gasteiger partial charge in [-0.3, -0.25) is 0 Å². The maximum absolute atomic E-state index is 15.4. The van der Waals surface area contributed by atoms with Gasteiger partial charge in [0.25, 0.3) is 0 Å². The minimum absolute atomic E-state index is 0.215. The molecule has 62 heavy (non-hydrogen) atoms. The quantitative estimate of drug-likeness (QED) is 0.160. The molecule has 0 saturated carbocycles. The maximum atomic E-state index is 15.4. The summed E-state index contributed by atoms with van der Waals surface area (Å²) in [5.41, 5.74) is 14.4. The van der Waals surface area contributed by atoms with E-state index in [1.54, 1.807) is 12.1 Å². The topological polar surface area (TPSA) is 21.3 Å². The third kappa shape index (κ3) is 5.80. The Balaban J connectivity index is 0.997. The highest BCUT2D eigenvalue weighted by atomic mass is 19.1. The summed E-state index contributed by atoms with van der Waals surface area (Å²) in [5, 5.41) is 6.03. The summed E-state index contributed by atoms with van der Waals surface area (Å²) in [6.07, 6.45) is 0. The van der Waals surface area contributed by atoms with E-state index in [0.717, 1.165) is 99.7 Å². The van der Waals surface area contributed by atoms with Crippen LogP contribution in [-0.2, 0) is 0 Å². The van der Waals surface area contributed by atoms with Crippen molar-refractivity contribution < 1.29 is 8.81 Å². The van der Waals surface area contributed by atoms with Crippen molar-refractivity contribution in [3.05, 3.63) is 230 Å². The average Bonchev–Trinajstić information content (AvgIpc) is 3.89. The predicted molar refractivity (Wildman–Crippen MR) is 257 cm³/mol. The summed E-state index contributed by atoms with van der Waals surface area (Å²) in [5.74, 6) is -0.215. The van der Waals surface area contributed by atoms with Gasteiger partial charge in [-0.2, -0.15) is 0 Å². The molecular weight excluding hydrogens is 760 g/mol. The van der Waals surface area contributed by atoms with Gasteiger partial charge >= 0.3 is 0 Å². The van der Waals surface area contributed by atoms with Crippen LogP contribution in [0.1, 0.15) is 0 Å². The molecule has 4 heteroatoms. The molecule has 0 aliphatic heterocycles. The van der Waals surface area contributed by atoms with Crippen LogP contribution in [0.3, 0.4) is 0 Å². The zero-order chi connectivity index (χ0) is 41.1. The van der Waals surface area contributed by atoms with Gasteiger partial charge in [0.2, 0.25) is 0 Å². The lowest BCUT2D eigenvalue weighted by molar-refractivity contribution is 0.640. The fourth-order valence-corrected chi connectivity index (χ4v) is 9.42. The monoisotopic (exact) mass is 796 g/mol. The zero-order valence-electron chi connectivity index (χ0n) is 33.5. The molecule has 0 N–H and O–H groups in total. The van der Waals surface area contributed by atoms with Crippen molar-refractivity contribution in [3.8, 4) is 39.1 Å². The standard InChI is InChI=1S/C58H37FN2O/c59-52-23-12-25-55-57(52)51-20-6-8-24-53(51)61(55)44-16-10-15-41(37-44)45-35-36-54(48-18-5-4-17-47(45)48)60(42-31-27-39(28-32-42)38-13-2-1-3-14-38)43-33-29-40(30-34-43)46-21-11-22-50-49-19-7-9-26-56(49)62-58(46)50/h1-37H. The van der Waals surface area contributed by atoms with Crippen LogP contribution in [0.5, 0.6) is 0 Å². The van der Waals surface area contributed by atoms with Crippen molar-refractivity contribution in [3.63, 3.8) is 0 Å². The van der Waals surface area contributed by atoms with Gasteiger partial charge in [-0.15, -0.1) is 0 Å². The fourth-order valence-electron chi connectivity index (χ4n) is 9.42. The second kappa shape index (κ2) is 14.5. The van der Waals surface area contributed by atoms with E-state index in [1.165, 1.54) is 5.56 Å². The van der Waals surface area contributed by atoms with Gasteiger partial charge in [-0.1, -0.05) is 158 Å². The molecule has 292 valence electrons. The van der Waals surface area contributed by atoms with Crippen LogP contribution in [0, 0.1) is 5.82 Å². The van der Waals surface area contributed by atoms with E-state index in [-0.39, 0.29) is 5.82 Å². The number of hydrogen-bond acceptors (Lipinski definition) is 2. The Labute approximate surface area is 357 Å². The maximum Gasteiger partial charge on any atom is 0.143 e. The molecule has 0 saturated heterocycles. The largest absolute Gasteiger partial charge is 0.455 e. The van der Waals surface area contributed by atoms with Gasteiger partial charge in [0, 0.05) is 49.6 Å². The Kier molecular flexibility index (Phi) is 8.36. The van der Waals surface area contributed by atoms with Crippen molar-refractivity contribution in [1.29, 1.82) is 0 Å². The molecule has 3 nitrogen and oxygen atoms in total. The molecule has 0 atom stereocenters. The van der Waals surface area contributed by atoms with Crippen LogP contribution >= 0.6 is 0 Å². The second-order valence-corrected chi connectivity index (χ2v) is 15.8. The Morgan fingerprint density at radius 2 is 0.984 bits per heavy atom. The van der Waals surface area contributed by atoms with E-state index >= 15 is 4.39 Å². The molecule has 2 aromatic heterocycles. The van der Waals surface area contributed by atoms with Crippen LogP contribution in [-0.4, -0.2) is 4.57 Å². The molecule has 0 unspecified atom stereocenters. The third-order valence-electron chi connectivity index (χ3n) is 12.3. The number of fused-ring (bicyclic) bond motifs is 7. The highest BCUT2D eigenvalue weighted by Crippen LogP contribution is 2.44. The summed E-state index contributed by atoms with van der Waals surface area (Å²) in [6.45, 7) is 0. The Hall–Kier alpha value is -8.21. The van der Waals surface area contributed by atoms with E-state index < -0.39 is 0 Å². The highest BCUT2D eigenvalue weighted by Gasteiger charge is 2.20. The van der Waals surface area contributed by atoms with Crippen LogP contribution in [0.25, 0.3) is 93.6 Å². The van der Waals surface area contributed by atoms with Gasteiger partial charge in [0.1, 0.15) is 17.0 Å². The summed E-state index contributed by atoms with van der Waals surface area (Å²) >= 11 is 0. The summed E-state index contributed by atoms with van der Waals surface area (Å²) in [4.78, 5) is 2.36. The number of para-hydroxylation sites is 3. The van der Waals surface area contributed by atoms with Crippen molar-refractivity contribution >= 4 is 71.6 Å². The number of nitrogens with zero attached hydrogens (tertiary/aromatic N) is 2. The van der Waals surface area contributed by atoms with E-state index in [1.807, 2.05) is 36.4 Å². The molecule has 0 bridgehead atoms. The first kappa shape index (κ1) is 35.7. The third-order valence-corrected chi connectivity index (χ3v) is 12.3. The first-order valence-electron chi connectivity index (χ1n) is 20.9. The summed E-state index contributed by atoms with van der Waals surface area (Å²) in [6, 6.07) is 77.9. The minimum Gasteiger partial charge on any atom is -0.455 e. The number of anilines is 3. The molecule has 2 heterocycles. The van der Waals surface area contributed by atoms with Gasteiger partial charge in [0.15, 0.2) is 0 Å². The first-order valence-corrected chi connectivity index (χ1v) is 20.9. The lowest BCUT2D eigenvalue weighted by Gasteiger charge is -2.28. The summed E-state index contributed by atoms with van der Waals surface area (Å²) in [7, 11) is 0. The lowest BCUT2D eigenvalue weighted by atomic mass is 9.95. The van der Waals surface area contributed by atoms with Crippen LogP contribution in [0.2, 0.25) is 0 Å². The molecule has 0 aliphatic rings. The minimum atomic E-state index is -0.215. The van der Waals surface area contributed by atoms with Crippen molar-refractivity contribution in [2.45, 2.75) is 0 Å². The van der Waals surface area contributed by atoms with Crippen LogP contribution in [0.4, 0.5) is 21.5 Å². The van der Waals surface area contributed by atoms with Gasteiger partial charge in [0.05, 0.1) is 16.7 Å². The summed E-state index contributed by atoms with van der Waals surface area (Å²) < 4.78 is 24.0. The molecule has 0 spiro atoms. The second-order valence-electron chi connectivity index (χ2n) is 15.8. The van der Waals surface area contributed by atoms with Gasteiger partial charge < -0.3 is 13.9 Å². The Morgan fingerprint density at radius 1 is 0.387 bits per heavy atom. The van der Waals surface area contributed by atoms with Crippen molar-refractivity contribution in [2.75, 3.05) is 4.90 Å². The Bertz CT molecular complexity index is 3640. The molecule has 0 radical (unpaired) electrons. The number of aromatic nitrogens is 1. The van der Waals surface area contributed by atoms with E-state index in [4.69, 9.17) is 4.42 Å². The zero-order valence-corrected chi connectivity index (χ0v) is 33.5. The Morgan fingerprint density at radius 3 is 1.79 bits per heavy atom. The van der Waals surface area contributed by atoms with Gasteiger partial charge in [-0.05, 0) is 99.9 Å². The van der Waals surface area contributed by atoms with E-state index in [9.17, 15) is 0 Å². The lowest BCUT2D eigenvalue weighted by Crippen LogP contribution is -2.10. The first-order chi connectivity index (χ1) is 30.7. The predicted octanol–water partition coefficient (Wildman–Crippen LogP) is 16.4. The number of benzene rings is 10. The highest BCUT2D eigenvalue weighted by molar-refractivity contribution is 6.11. The number of furan rings is 1. The van der Waals surface area contributed by atoms with E-state index in [2.05, 4.69) is 185 Å². The molecule has 0 fully saturated rings. The molecular formula is C58H37FN2O. The number of rotatable bonds is 7.